The van der Waals surface area contributed by atoms with Crippen LogP contribution in [0.5, 0.6) is 0 Å². The number of amides is 2. The minimum absolute atomic E-state index is 0.0760. The normalized spacial score (nSPS) is 18.4. The molecule has 0 aliphatic heterocycles. The van der Waals surface area contributed by atoms with Crippen molar-refractivity contribution < 1.29 is 27.6 Å². The van der Waals surface area contributed by atoms with Crippen LogP contribution in [0.3, 0.4) is 0 Å². The monoisotopic (exact) mass is 480 g/mol. The van der Waals surface area contributed by atoms with Crippen molar-refractivity contribution in [3.63, 3.8) is 0 Å². The summed E-state index contributed by atoms with van der Waals surface area (Å²) >= 11 is 5.86. The van der Waals surface area contributed by atoms with Gasteiger partial charge in [-0.3, -0.25) is 14.4 Å². The second-order valence-corrected chi connectivity index (χ2v) is 8.57. The van der Waals surface area contributed by atoms with Crippen LogP contribution in [0.4, 0.5) is 13.2 Å². The first-order valence-corrected chi connectivity index (χ1v) is 11.0. The molecule has 2 N–H and O–H groups in total. The molecule has 0 saturated heterocycles. The first kappa shape index (κ1) is 24.8. The number of benzene rings is 2. The van der Waals surface area contributed by atoms with E-state index in [1.54, 1.807) is 24.3 Å². The van der Waals surface area contributed by atoms with E-state index in [4.69, 9.17) is 11.6 Å². The first-order valence-electron chi connectivity index (χ1n) is 10.7. The zero-order valence-corrected chi connectivity index (χ0v) is 18.5. The zero-order valence-electron chi connectivity index (χ0n) is 17.8. The van der Waals surface area contributed by atoms with Crippen LogP contribution in [0.1, 0.15) is 58.4 Å². The summed E-state index contributed by atoms with van der Waals surface area (Å²) in [6, 6.07) is 10.4. The predicted octanol–water partition coefficient (Wildman–Crippen LogP) is 5.04. The highest BCUT2D eigenvalue weighted by atomic mass is 35.5. The highest BCUT2D eigenvalue weighted by Crippen LogP contribution is 2.30. The number of ketones is 1. The molecule has 2 aromatic rings. The molecule has 5 nitrogen and oxygen atoms in total. The molecule has 1 fully saturated rings. The van der Waals surface area contributed by atoms with Gasteiger partial charge in [-0.1, -0.05) is 30.5 Å². The van der Waals surface area contributed by atoms with E-state index in [9.17, 15) is 27.6 Å². The van der Waals surface area contributed by atoms with Gasteiger partial charge in [0.05, 0.1) is 12.1 Å². The molecule has 0 heterocycles. The van der Waals surface area contributed by atoms with Gasteiger partial charge in [-0.2, -0.15) is 13.2 Å². The molecular formula is C24H24ClF3N2O3. The average Bonchev–Trinajstić information content (AvgIpc) is 2.78. The summed E-state index contributed by atoms with van der Waals surface area (Å²) < 4.78 is 38.5. The first-order chi connectivity index (χ1) is 15.6. The van der Waals surface area contributed by atoms with E-state index >= 15 is 0 Å². The third-order valence-corrected chi connectivity index (χ3v) is 5.97. The molecule has 0 unspecified atom stereocenters. The van der Waals surface area contributed by atoms with Gasteiger partial charge in [0.15, 0.2) is 5.78 Å². The highest BCUT2D eigenvalue weighted by molar-refractivity contribution is 6.30. The smallest absolute Gasteiger partial charge is 0.349 e. The van der Waals surface area contributed by atoms with Crippen molar-refractivity contribution in [3.05, 3.63) is 70.2 Å². The molecule has 1 aliphatic carbocycles. The fourth-order valence-corrected chi connectivity index (χ4v) is 4.10. The van der Waals surface area contributed by atoms with Crippen molar-refractivity contribution in [1.82, 2.24) is 10.6 Å². The molecule has 1 saturated carbocycles. The summed E-state index contributed by atoms with van der Waals surface area (Å²) in [7, 11) is 0. The van der Waals surface area contributed by atoms with E-state index in [1.165, 1.54) is 6.07 Å². The van der Waals surface area contributed by atoms with Crippen molar-refractivity contribution in [2.75, 3.05) is 6.54 Å². The lowest BCUT2D eigenvalue weighted by atomic mass is 9.81. The number of carbonyl (C=O) groups is 3. The summed E-state index contributed by atoms with van der Waals surface area (Å²) in [4.78, 5) is 37.3. The summed E-state index contributed by atoms with van der Waals surface area (Å²) in [6.07, 6.45) is -1.02. The summed E-state index contributed by atoms with van der Waals surface area (Å²) in [5.74, 6) is -1.31. The highest BCUT2D eigenvalue weighted by Gasteiger charge is 2.31. The molecule has 3 rings (SSSR count). The number of carbonyl (C=O) groups excluding carboxylic acids is 3. The Morgan fingerprint density at radius 2 is 1.64 bits per heavy atom. The number of Topliss-reactive ketones (excluding diaryl/α,β-unsaturated/α-hetero) is 1. The maximum absolute atomic E-state index is 12.8. The van der Waals surface area contributed by atoms with Gasteiger partial charge in [-0.25, -0.2) is 0 Å². The number of halogens is 4. The molecular weight excluding hydrogens is 457 g/mol. The minimum Gasteiger partial charge on any atom is -0.349 e. The van der Waals surface area contributed by atoms with Crippen LogP contribution in [0.15, 0.2) is 48.5 Å². The second-order valence-electron chi connectivity index (χ2n) is 8.14. The standard InChI is InChI=1S/C24H24ClF3N2O3/c25-19-10-8-15(9-11-19)23(33)30-21-7-2-1-4-16(21)13-20(31)14-29-22(32)17-5-3-6-18(12-17)24(26,27)28/h3,5-6,8-12,16,21H,1-2,4,7,13-14H2,(H,29,32)(H,30,33)/t16-,21+/m1/s1. The minimum atomic E-state index is -4.56. The zero-order chi connectivity index (χ0) is 24.0. The van der Waals surface area contributed by atoms with Crippen molar-refractivity contribution in [2.24, 2.45) is 5.92 Å². The lowest BCUT2D eigenvalue weighted by Crippen LogP contribution is -2.43. The SMILES string of the molecule is O=C(CNC(=O)c1cccc(C(F)(F)F)c1)C[C@H]1CCCC[C@@H]1NC(=O)c1ccc(Cl)cc1. The van der Waals surface area contributed by atoms with Gasteiger partial charge in [0.25, 0.3) is 11.8 Å². The maximum Gasteiger partial charge on any atom is 0.416 e. The Morgan fingerprint density at radius 3 is 2.33 bits per heavy atom. The van der Waals surface area contributed by atoms with E-state index in [0.717, 1.165) is 43.9 Å². The average molecular weight is 481 g/mol. The Morgan fingerprint density at radius 1 is 0.939 bits per heavy atom. The second kappa shape index (κ2) is 10.8. The van der Waals surface area contributed by atoms with Gasteiger partial charge >= 0.3 is 6.18 Å². The van der Waals surface area contributed by atoms with Gasteiger partial charge in [0.2, 0.25) is 0 Å². The van der Waals surface area contributed by atoms with Gasteiger partial charge in [-0.05, 0) is 61.2 Å². The molecule has 2 amide bonds. The molecule has 33 heavy (non-hydrogen) atoms. The maximum atomic E-state index is 12.8. The van der Waals surface area contributed by atoms with Crippen molar-refractivity contribution in [2.45, 2.75) is 44.3 Å². The predicted molar refractivity (Wildman–Crippen MR) is 118 cm³/mol. The molecule has 0 radical (unpaired) electrons. The van der Waals surface area contributed by atoms with Crippen molar-refractivity contribution >= 4 is 29.2 Å². The Labute approximate surface area is 194 Å². The summed E-state index contributed by atoms with van der Waals surface area (Å²) in [6.45, 7) is -0.288. The number of nitrogens with one attached hydrogen (secondary N) is 2. The van der Waals surface area contributed by atoms with Gasteiger partial charge in [0.1, 0.15) is 0 Å². The lowest BCUT2D eigenvalue weighted by molar-refractivity contribution is -0.137. The molecule has 0 aromatic heterocycles. The molecule has 0 bridgehead atoms. The third kappa shape index (κ3) is 7.05. The van der Waals surface area contributed by atoms with Crippen LogP contribution in [0.25, 0.3) is 0 Å². The van der Waals surface area contributed by atoms with Crippen LogP contribution < -0.4 is 10.6 Å². The number of alkyl halides is 3. The molecule has 9 heteroatoms. The molecule has 2 atom stereocenters. The molecule has 0 spiro atoms. The molecule has 1 aliphatic rings. The van der Waals surface area contributed by atoms with E-state index in [2.05, 4.69) is 10.6 Å². The Balaban J connectivity index is 1.54. The Bertz CT molecular complexity index is 1010. The number of hydrogen-bond donors (Lipinski definition) is 2. The number of hydrogen-bond acceptors (Lipinski definition) is 3. The van der Waals surface area contributed by atoms with Gasteiger partial charge in [-0.15, -0.1) is 0 Å². The van der Waals surface area contributed by atoms with Crippen molar-refractivity contribution in [3.8, 4) is 0 Å². The quantitative estimate of drug-likeness (QED) is 0.583. The van der Waals surface area contributed by atoms with Crippen LogP contribution in [0.2, 0.25) is 5.02 Å². The topological polar surface area (TPSA) is 75.3 Å². The van der Waals surface area contributed by atoms with E-state index in [1.807, 2.05) is 0 Å². The van der Waals surface area contributed by atoms with E-state index in [-0.39, 0.29) is 42.2 Å². The van der Waals surface area contributed by atoms with Crippen LogP contribution in [0, 0.1) is 5.92 Å². The van der Waals surface area contributed by atoms with E-state index in [0.29, 0.717) is 10.6 Å². The van der Waals surface area contributed by atoms with Gasteiger partial charge in [0, 0.05) is 28.6 Å². The molecule has 176 valence electrons. The summed E-state index contributed by atoms with van der Waals surface area (Å²) in [5, 5.41) is 5.92. The third-order valence-electron chi connectivity index (χ3n) is 5.72. The number of rotatable bonds is 7. The fourth-order valence-electron chi connectivity index (χ4n) is 3.98. The van der Waals surface area contributed by atoms with Crippen LogP contribution >= 0.6 is 11.6 Å². The fraction of sp³-hybridized carbons (Fsp3) is 0.375. The lowest BCUT2D eigenvalue weighted by Gasteiger charge is -2.32. The van der Waals surface area contributed by atoms with Crippen LogP contribution in [-0.2, 0) is 11.0 Å². The molecule has 2 aromatic carbocycles. The Hall–Kier alpha value is -2.87. The van der Waals surface area contributed by atoms with Gasteiger partial charge < -0.3 is 10.6 Å². The van der Waals surface area contributed by atoms with E-state index < -0.39 is 17.6 Å². The van der Waals surface area contributed by atoms with Crippen molar-refractivity contribution in [1.29, 1.82) is 0 Å². The summed E-state index contributed by atoms with van der Waals surface area (Å²) in [5.41, 5.74) is -0.616. The Kier molecular flexibility index (Phi) is 8.13. The largest absolute Gasteiger partial charge is 0.416 e. The van der Waals surface area contributed by atoms with Crippen LogP contribution in [-0.4, -0.2) is 30.2 Å².